The van der Waals surface area contributed by atoms with Crippen LogP contribution in [0.1, 0.15) is 18.4 Å². The summed E-state index contributed by atoms with van der Waals surface area (Å²) in [5, 5.41) is 0. The molecule has 0 saturated carbocycles. The Morgan fingerprint density at radius 2 is 2.13 bits per heavy atom. The number of carbonyl (C=O) groups is 1. The second-order valence-corrected chi connectivity index (χ2v) is 2.89. The Morgan fingerprint density at radius 1 is 1.40 bits per heavy atom. The van der Waals surface area contributed by atoms with Gasteiger partial charge in [0, 0.05) is 5.56 Å². The molecular weight excluding hydrogens is 188 g/mol. The zero-order chi connectivity index (χ0) is 10.9. The monoisotopic (exact) mass is 200 g/mol. The van der Waals surface area contributed by atoms with Crippen LogP contribution in [0.25, 0.3) is 0 Å². The number of benzene rings is 1. The Hall–Kier alpha value is -2.01. The van der Waals surface area contributed by atoms with Gasteiger partial charge in [0.15, 0.2) is 0 Å². The molecule has 0 aromatic heterocycles. The molecule has 0 heterocycles. The molecule has 0 spiro atoms. The summed E-state index contributed by atoms with van der Waals surface area (Å²) in [5.41, 5.74) is 0.828. The van der Waals surface area contributed by atoms with Crippen LogP contribution in [0, 0.1) is 12.0 Å². The maximum absolute atomic E-state index is 11.0. The van der Waals surface area contributed by atoms with Crippen molar-refractivity contribution in [1.29, 1.82) is 0 Å². The van der Waals surface area contributed by atoms with Crippen molar-refractivity contribution in [2.75, 3.05) is 0 Å². The van der Waals surface area contributed by atoms with E-state index in [0.717, 1.165) is 5.56 Å². The highest BCUT2D eigenvalue weighted by Gasteiger charge is 1.97. The number of allylic oxidation sites excluding steroid dienone is 1. The number of esters is 1. The molecule has 0 bridgehead atoms. The second-order valence-electron chi connectivity index (χ2n) is 2.89. The number of carbonyl (C=O) groups excluding carboxylic acids is 1. The van der Waals surface area contributed by atoms with Crippen molar-refractivity contribution in [2.45, 2.75) is 12.8 Å². The fraction of sp³-hybridized carbons (Fsp3) is 0.154. The number of ether oxygens (including phenoxy) is 1. The predicted octanol–water partition coefficient (Wildman–Crippen LogP) is 2.51. The van der Waals surface area contributed by atoms with E-state index in [4.69, 9.17) is 4.74 Å². The zero-order valence-corrected chi connectivity index (χ0v) is 8.40. The third-order valence-electron chi connectivity index (χ3n) is 1.69. The first-order chi connectivity index (χ1) is 7.33. The Bertz CT molecular complexity index is 382. The highest BCUT2D eigenvalue weighted by Crippen LogP contribution is 1.96. The molecule has 0 atom stereocenters. The smallest absolute Gasteiger partial charge is 0.320 e. The molecule has 0 aliphatic heterocycles. The van der Waals surface area contributed by atoms with Gasteiger partial charge in [-0.05, 0) is 24.5 Å². The molecule has 0 unspecified atom stereocenters. The Kier molecular flexibility index (Phi) is 4.75. The summed E-state index contributed by atoms with van der Waals surface area (Å²) in [6.45, 7) is 3.52. The van der Waals surface area contributed by atoms with Gasteiger partial charge in [-0.15, -0.1) is 6.58 Å². The lowest BCUT2D eigenvalue weighted by atomic mass is 10.2. The molecule has 0 N–H and O–H groups in total. The molecule has 0 aliphatic carbocycles. The average Bonchev–Trinajstić information content (AvgIpc) is 2.28. The Morgan fingerprint density at radius 3 is 2.80 bits per heavy atom. The van der Waals surface area contributed by atoms with Crippen LogP contribution in [0.3, 0.4) is 0 Å². The standard InChI is InChI=1S/C13H12O2/c1-2-3-9-13(14)15-11-10-12-7-5-4-6-8-12/h2,4-8H,1,3,9H2. The van der Waals surface area contributed by atoms with Crippen molar-refractivity contribution in [1.82, 2.24) is 0 Å². The van der Waals surface area contributed by atoms with E-state index >= 15 is 0 Å². The van der Waals surface area contributed by atoms with E-state index in [9.17, 15) is 4.79 Å². The number of rotatable bonds is 3. The molecule has 0 radical (unpaired) electrons. The number of hydrogen-bond acceptors (Lipinski definition) is 2. The van der Waals surface area contributed by atoms with Crippen LogP contribution in [0.2, 0.25) is 0 Å². The predicted molar refractivity (Wildman–Crippen MR) is 58.8 cm³/mol. The summed E-state index contributed by atoms with van der Waals surface area (Å²) in [6, 6.07) is 9.36. The molecule has 2 heteroatoms. The van der Waals surface area contributed by atoms with Gasteiger partial charge in [0.2, 0.25) is 0 Å². The third kappa shape index (κ3) is 4.68. The van der Waals surface area contributed by atoms with Crippen LogP contribution in [0.5, 0.6) is 0 Å². The lowest BCUT2D eigenvalue weighted by Gasteiger charge is -1.92. The first-order valence-electron chi connectivity index (χ1n) is 4.69. The van der Waals surface area contributed by atoms with Gasteiger partial charge in [-0.3, -0.25) is 4.79 Å². The van der Waals surface area contributed by atoms with Gasteiger partial charge in [-0.2, -0.15) is 0 Å². The van der Waals surface area contributed by atoms with Crippen molar-refractivity contribution in [3.8, 4) is 12.0 Å². The highest BCUT2D eigenvalue weighted by atomic mass is 16.5. The van der Waals surface area contributed by atoms with Gasteiger partial charge < -0.3 is 4.74 Å². The van der Waals surface area contributed by atoms with Gasteiger partial charge >= 0.3 is 5.97 Å². The van der Waals surface area contributed by atoms with E-state index in [1.165, 1.54) is 0 Å². The van der Waals surface area contributed by atoms with E-state index in [1.54, 1.807) is 6.08 Å². The summed E-state index contributed by atoms with van der Waals surface area (Å²) < 4.78 is 4.70. The number of hydrogen-bond donors (Lipinski definition) is 0. The van der Waals surface area contributed by atoms with Gasteiger partial charge in [0.1, 0.15) is 6.11 Å². The van der Waals surface area contributed by atoms with Gasteiger partial charge in [0.25, 0.3) is 0 Å². The van der Waals surface area contributed by atoms with Crippen LogP contribution in [-0.2, 0) is 9.53 Å². The van der Waals surface area contributed by atoms with E-state index in [-0.39, 0.29) is 5.97 Å². The second kappa shape index (κ2) is 6.44. The summed E-state index contributed by atoms with van der Waals surface area (Å²) in [4.78, 5) is 11.0. The molecule has 76 valence electrons. The normalized spacial score (nSPS) is 8.53. The first-order valence-corrected chi connectivity index (χ1v) is 4.69. The topological polar surface area (TPSA) is 26.3 Å². The van der Waals surface area contributed by atoms with Crippen LogP contribution < -0.4 is 0 Å². The fourth-order valence-electron chi connectivity index (χ4n) is 0.934. The Balaban J connectivity index is 2.40. The fourth-order valence-corrected chi connectivity index (χ4v) is 0.934. The quantitative estimate of drug-likeness (QED) is 0.425. The maximum Gasteiger partial charge on any atom is 0.320 e. The molecule has 2 nitrogen and oxygen atoms in total. The minimum atomic E-state index is -0.321. The van der Waals surface area contributed by atoms with E-state index in [0.29, 0.717) is 12.8 Å². The lowest BCUT2D eigenvalue weighted by Crippen LogP contribution is -1.98. The first kappa shape index (κ1) is 11.1. The minimum Gasteiger partial charge on any atom is -0.372 e. The summed E-state index contributed by atoms with van der Waals surface area (Å²) in [5.74, 6) is 2.41. The molecule has 1 aromatic rings. The van der Waals surface area contributed by atoms with Crippen molar-refractivity contribution in [3.63, 3.8) is 0 Å². The van der Waals surface area contributed by atoms with Crippen LogP contribution >= 0.6 is 0 Å². The van der Waals surface area contributed by atoms with E-state index < -0.39 is 0 Å². The molecule has 0 aliphatic rings. The molecule has 0 saturated heterocycles. The van der Waals surface area contributed by atoms with Crippen molar-refractivity contribution in [3.05, 3.63) is 48.6 Å². The highest BCUT2D eigenvalue weighted by molar-refractivity contribution is 5.70. The zero-order valence-electron chi connectivity index (χ0n) is 8.40. The van der Waals surface area contributed by atoms with Gasteiger partial charge in [0.05, 0.1) is 6.42 Å². The van der Waals surface area contributed by atoms with Crippen molar-refractivity contribution < 1.29 is 9.53 Å². The van der Waals surface area contributed by atoms with E-state index in [1.807, 2.05) is 30.3 Å². The van der Waals surface area contributed by atoms with E-state index in [2.05, 4.69) is 18.6 Å². The SMILES string of the molecule is C=CCCC(=O)OC#Cc1ccccc1. The molecule has 1 rings (SSSR count). The summed E-state index contributed by atoms with van der Waals surface area (Å²) >= 11 is 0. The van der Waals surface area contributed by atoms with Gasteiger partial charge in [-0.25, -0.2) is 0 Å². The molecule has 1 aromatic carbocycles. The van der Waals surface area contributed by atoms with Crippen molar-refractivity contribution >= 4 is 5.97 Å². The lowest BCUT2D eigenvalue weighted by molar-refractivity contribution is -0.136. The summed E-state index contributed by atoms with van der Waals surface area (Å²) in [7, 11) is 0. The maximum atomic E-state index is 11.0. The molecule has 0 amide bonds. The minimum absolute atomic E-state index is 0.321. The largest absolute Gasteiger partial charge is 0.372 e. The third-order valence-corrected chi connectivity index (χ3v) is 1.69. The van der Waals surface area contributed by atoms with Crippen LogP contribution in [-0.4, -0.2) is 5.97 Å². The van der Waals surface area contributed by atoms with Crippen LogP contribution in [0.4, 0.5) is 0 Å². The summed E-state index contributed by atoms with van der Waals surface area (Å²) in [6.07, 6.45) is 4.99. The molecule has 15 heavy (non-hydrogen) atoms. The molecular formula is C13H12O2. The molecule has 0 fully saturated rings. The van der Waals surface area contributed by atoms with Crippen molar-refractivity contribution in [2.24, 2.45) is 0 Å². The average molecular weight is 200 g/mol. The van der Waals surface area contributed by atoms with Crippen LogP contribution in [0.15, 0.2) is 43.0 Å². The Labute approximate surface area is 89.6 Å². The van der Waals surface area contributed by atoms with Gasteiger partial charge in [-0.1, -0.05) is 24.3 Å².